The minimum absolute atomic E-state index is 0.259. The van der Waals surface area contributed by atoms with Crippen LogP contribution in [0.1, 0.15) is 67.9 Å². The average molecular weight is 488 g/mol. The third-order valence-corrected chi connectivity index (χ3v) is 6.84. The Balaban J connectivity index is 1.33. The number of ether oxygens (including phenoxy) is 2. The number of nitrogens with zero attached hydrogens (tertiary/aromatic N) is 1. The van der Waals surface area contributed by atoms with Crippen molar-refractivity contribution < 1.29 is 14.6 Å². The number of rotatable bonds is 12. The van der Waals surface area contributed by atoms with Crippen LogP contribution in [0.5, 0.6) is 11.5 Å². The second-order valence-corrected chi connectivity index (χ2v) is 9.61. The van der Waals surface area contributed by atoms with Crippen molar-refractivity contribution in [2.75, 3.05) is 0 Å². The van der Waals surface area contributed by atoms with Gasteiger partial charge in [-0.3, -0.25) is 0 Å². The molecule has 5 heteroatoms. The van der Waals surface area contributed by atoms with E-state index in [1.54, 1.807) is 0 Å². The Bertz CT molecular complexity index is 1150. The van der Waals surface area contributed by atoms with Crippen molar-refractivity contribution in [2.45, 2.75) is 58.3 Å². The first-order chi connectivity index (χ1) is 17.2. The lowest BCUT2D eigenvalue weighted by Crippen LogP contribution is -2.03. The van der Waals surface area contributed by atoms with Gasteiger partial charge in [-0.05, 0) is 60.7 Å². The van der Waals surface area contributed by atoms with E-state index < -0.39 is 6.29 Å². The summed E-state index contributed by atoms with van der Waals surface area (Å²) >= 11 is 1.52. The predicted molar refractivity (Wildman–Crippen MR) is 143 cm³/mol. The van der Waals surface area contributed by atoms with Crippen LogP contribution in [0.3, 0.4) is 0 Å². The minimum Gasteiger partial charge on any atom is -0.457 e. The fourth-order valence-electron chi connectivity index (χ4n) is 4.19. The summed E-state index contributed by atoms with van der Waals surface area (Å²) in [7, 11) is 0. The molecule has 4 aromatic rings. The zero-order valence-electron chi connectivity index (χ0n) is 20.4. The van der Waals surface area contributed by atoms with E-state index in [0.717, 1.165) is 33.3 Å². The van der Waals surface area contributed by atoms with Gasteiger partial charge >= 0.3 is 0 Å². The molecule has 0 aliphatic heterocycles. The molecule has 0 saturated carbocycles. The molecule has 1 heterocycles. The molecule has 0 unspecified atom stereocenters. The van der Waals surface area contributed by atoms with Gasteiger partial charge in [0.25, 0.3) is 0 Å². The van der Waals surface area contributed by atoms with E-state index >= 15 is 0 Å². The van der Waals surface area contributed by atoms with E-state index in [4.69, 9.17) is 9.47 Å². The number of hydrogen-bond acceptors (Lipinski definition) is 5. The van der Waals surface area contributed by atoms with Gasteiger partial charge in [0.15, 0.2) is 6.29 Å². The fourth-order valence-corrected chi connectivity index (χ4v) is 4.91. The molecule has 0 bridgehead atoms. The lowest BCUT2D eigenvalue weighted by Gasteiger charge is -2.16. The highest BCUT2D eigenvalue weighted by molar-refractivity contribution is 7.09. The van der Waals surface area contributed by atoms with E-state index in [0.29, 0.717) is 5.92 Å². The van der Waals surface area contributed by atoms with Gasteiger partial charge in [0.2, 0.25) is 0 Å². The standard InChI is InChI=1S/C30H33NO3S/c1-3-8-22(9-4-2)23-12-16-26(17-13-23)34-27-18-14-24(15-19-27)28-21-35-29(31-28)20-33-30(32)25-10-6-5-7-11-25/h5-7,10-19,21-22,30,32H,3-4,8-9,20H2,1-2H3/t30-/m0/s1. The smallest absolute Gasteiger partial charge is 0.181 e. The van der Waals surface area contributed by atoms with Gasteiger partial charge in [0.1, 0.15) is 23.1 Å². The Hall–Kier alpha value is -2.99. The zero-order valence-corrected chi connectivity index (χ0v) is 21.2. The maximum Gasteiger partial charge on any atom is 0.181 e. The third-order valence-electron chi connectivity index (χ3n) is 6.01. The van der Waals surface area contributed by atoms with Gasteiger partial charge in [-0.2, -0.15) is 0 Å². The highest BCUT2D eigenvalue weighted by Crippen LogP contribution is 2.31. The molecule has 3 aromatic carbocycles. The summed E-state index contributed by atoms with van der Waals surface area (Å²) in [5.41, 5.74) is 4.03. The van der Waals surface area contributed by atoms with E-state index in [1.165, 1.54) is 42.6 Å². The Morgan fingerprint density at radius 3 is 2.06 bits per heavy atom. The number of benzene rings is 3. The van der Waals surface area contributed by atoms with E-state index in [1.807, 2.05) is 60.0 Å². The maximum absolute atomic E-state index is 10.2. The Morgan fingerprint density at radius 2 is 1.43 bits per heavy atom. The van der Waals surface area contributed by atoms with Crippen LogP contribution < -0.4 is 4.74 Å². The lowest BCUT2D eigenvalue weighted by molar-refractivity contribution is -0.111. The van der Waals surface area contributed by atoms with Crippen LogP contribution in [0.4, 0.5) is 0 Å². The minimum atomic E-state index is -0.960. The zero-order chi connectivity index (χ0) is 24.5. The molecule has 0 fully saturated rings. The monoisotopic (exact) mass is 487 g/mol. The molecule has 0 aliphatic carbocycles. The molecule has 1 atom stereocenters. The molecule has 0 spiro atoms. The van der Waals surface area contributed by atoms with E-state index in [-0.39, 0.29) is 6.61 Å². The molecule has 182 valence electrons. The highest BCUT2D eigenvalue weighted by atomic mass is 32.1. The SMILES string of the molecule is CCCC(CCC)c1ccc(Oc2ccc(-c3csc(CO[C@H](O)c4ccccc4)n3)cc2)cc1. The molecule has 1 aromatic heterocycles. The first kappa shape index (κ1) is 25.1. The van der Waals surface area contributed by atoms with Gasteiger partial charge in [-0.25, -0.2) is 4.98 Å². The fraction of sp³-hybridized carbons (Fsp3) is 0.300. The molecular formula is C30H33NO3S. The molecule has 0 radical (unpaired) electrons. The van der Waals surface area contributed by atoms with Crippen LogP contribution >= 0.6 is 11.3 Å². The molecule has 0 saturated heterocycles. The van der Waals surface area contributed by atoms with Crippen molar-refractivity contribution in [1.29, 1.82) is 0 Å². The summed E-state index contributed by atoms with van der Waals surface area (Å²) in [6, 6.07) is 25.8. The summed E-state index contributed by atoms with van der Waals surface area (Å²) in [4.78, 5) is 4.66. The molecule has 35 heavy (non-hydrogen) atoms. The quantitative estimate of drug-likeness (QED) is 0.204. The van der Waals surface area contributed by atoms with Gasteiger partial charge < -0.3 is 14.6 Å². The van der Waals surface area contributed by atoms with Crippen LogP contribution in [0.25, 0.3) is 11.3 Å². The van der Waals surface area contributed by atoms with Crippen LogP contribution in [0.2, 0.25) is 0 Å². The second-order valence-electron chi connectivity index (χ2n) is 8.67. The summed E-state index contributed by atoms with van der Waals surface area (Å²) in [6.07, 6.45) is 3.91. The highest BCUT2D eigenvalue weighted by Gasteiger charge is 2.12. The molecule has 4 nitrogen and oxygen atoms in total. The second kappa shape index (κ2) is 12.6. The van der Waals surface area contributed by atoms with E-state index in [9.17, 15) is 5.11 Å². The predicted octanol–water partition coefficient (Wildman–Crippen LogP) is 8.49. The first-order valence-electron chi connectivity index (χ1n) is 12.3. The normalized spacial score (nSPS) is 12.1. The van der Waals surface area contributed by atoms with Crippen molar-refractivity contribution in [3.05, 3.63) is 100 Å². The largest absolute Gasteiger partial charge is 0.457 e. The molecule has 0 aliphatic rings. The molecule has 0 amide bonds. The average Bonchev–Trinajstić information content (AvgIpc) is 3.38. The van der Waals surface area contributed by atoms with Crippen molar-refractivity contribution in [1.82, 2.24) is 4.98 Å². The number of aliphatic hydroxyl groups is 1. The van der Waals surface area contributed by atoms with Crippen molar-refractivity contribution in [3.8, 4) is 22.8 Å². The number of thiazole rings is 1. The first-order valence-corrected chi connectivity index (χ1v) is 13.2. The lowest BCUT2D eigenvalue weighted by atomic mass is 9.90. The summed E-state index contributed by atoms with van der Waals surface area (Å²) < 4.78 is 11.7. The summed E-state index contributed by atoms with van der Waals surface area (Å²) in [5.74, 6) is 2.27. The Kier molecular flexibility index (Phi) is 9.07. The van der Waals surface area contributed by atoms with Crippen molar-refractivity contribution in [2.24, 2.45) is 0 Å². The van der Waals surface area contributed by atoms with Crippen LogP contribution in [0, 0.1) is 0 Å². The van der Waals surface area contributed by atoms with Crippen molar-refractivity contribution >= 4 is 11.3 Å². The molecular weight excluding hydrogens is 454 g/mol. The van der Waals surface area contributed by atoms with Gasteiger partial charge in [-0.15, -0.1) is 11.3 Å². The number of aliphatic hydroxyl groups excluding tert-OH is 1. The topological polar surface area (TPSA) is 51.6 Å². The van der Waals surface area contributed by atoms with Crippen LogP contribution in [-0.2, 0) is 11.3 Å². The molecule has 4 rings (SSSR count). The number of hydrogen-bond donors (Lipinski definition) is 1. The Labute approximate surface area is 212 Å². The Morgan fingerprint density at radius 1 is 0.800 bits per heavy atom. The van der Waals surface area contributed by atoms with E-state index in [2.05, 4.69) is 43.1 Å². The summed E-state index contributed by atoms with van der Waals surface area (Å²) in [6.45, 7) is 4.76. The van der Waals surface area contributed by atoms with Crippen molar-refractivity contribution in [3.63, 3.8) is 0 Å². The number of aromatic nitrogens is 1. The van der Waals surface area contributed by atoms with Crippen LogP contribution in [-0.4, -0.2) is 10.1 Å². The van der Waals surface area contributed by atoms with Gasteiger partial charge in [0, 0.05) is 16.5 Å². The van der Waals surface area contributed by atoms with Crippen LogP contribution in [0.15, 0.2) is 84.2 Å². The third kappa shape index (κ3) is 7.01. The molecule has 1 N–H and O–H groups in total. The van der Waals surface area contributed by atoms with Gasteiger partial charge in [0.05, 0.1) is 5.69 Å². The van der Waals surface area contributed by atoms with Gasteiger partial charge in [-0.1, -0.05) is 69.2 Å². The maximum atomic E-state index is 10.2. The summed E-state index contributed by atoms with van der Waals surface area (Å²) in [5, 5.41) is 13.0.